The topological polar surface area (TPSA) is 50.9 Å². The summed E-state index contributed by atoms with van der Waals surface area (Å²) in [7, 11) is 0. The van der Waals surface area contributed by atoms with Gasteiger partial charge in [-0.25, -0.2) is 4.98 Å². The van der Waals surface area contributed by atoms with Crippen molar-refractivity contribution in [3.8, 4) is 0 Å². The van der Waals surface area contributed by atoms with Crippen molar-refractivity contribution in [2.24, 2.45) is 11.8 Å². The lowest BCUT2D eigenvalue weighted by molar-refractivity contribution is 0.536. The van der Waals surface area contributed by atoms with Gasteiger partial charge >= 0.3 is 0 Å². The molecule has 1 heterocycles. The molecular formula is C12H18BrN3. The van der Waals surface area contributed by atoms with E-state index in [0.717, 1.165) is 28.7 Å². The molecule has 0 radical (unpaired) electrons. The number of aromatic nitrogens is 1. The number of hydrogen-bond donors (Lipinski definition) is 2. The van der Waals surface area contributed by atoms with Gasteiger partial charge in [0.1, 0.15) is 5.82 Å². The molecule has 0 saturated heterocycles. The Labute approximate surface area is 105 Å². The van der Waals surface area contributed by atoms with Gasteiger partial charge in [0.15, 0.2) is 0 Å². The minimum Gasteiger partial charge on any atom is -0.396 e. The van der Waals surface area contributed by atoms with Crippen molar-refractivity contribution in [1.82, 2.24) is 4.98 Å². The number of halogens is 1. The number of rotatable bonds is 3. The molecular weight excluding hydrogens is 266 g/mol. The summed E-state index contributed by atoms with van der Waals surface area (Å²) in [5.74, 6) is 2.46. The van der Waals surface area contributed by atoms with Crippen molar-refractivity contribution >= 4 is 27.4 Å². The van der Waals surface area contributed by atoms with Crippen LogP contribution in [-0.4, -0.2) is 11.5 Å². The van der Waals surface area contributed by atoms with Crippen LogP contribution in [0.3, 0.4) is 0 Å². The lowest BCUT2D eigenvalue weighted by Crippen LogP contribution is -2.13. The first kappa shape index (κ1) is 11.7. The summed E-state index contributed by atoms with van der Waals surface area (Å²) in [6, 6.07) is 1.88. The van der Waals surface area contributed by atoms with E-state index < -0.39 is 0 Å². The molecule has 1 aliphatic rings. The van der Waals surface area contributed by atoms with Crippen molar-refractivity contribution < 1.29 is 0 Å². The van der Waals surface area contributed by atoms with Crippen LogP contribution in [0.5, 0.6) is 0 Å². The maximum atomic E-state index is 5.88. The van der Waals surface area contributed by atoms with Crippen molar-refractivity contribution in [3.63, 3.8) is 0 Å². The number of anilines is 2. The largest absolute Gasteiger partial charge is 0.396 e. The van der Waals surface area contributed by atoms with Gasteiger partial charge in [0, 0.05) is 17.2 Å². The van der Waals surface area contributed by atoms with Gasteiger partial charge in [0.05, 0.1) is 5.69 Å². The Bertz CT molecular complexity index is 367. The van der Waals surface area contributed by atoms with Crippen LogP contribution in [0, 0.1) is 11.8 Å². The van der Waals surface area contributed by atoms with E-state index in [1.54, 1.807) is 6.20 Å². The van der Waals surface area contributed by atoms with Crippen molar-refractivity contribution in [1.29, 1.82) is 0 Å². The van der Waals surface area contributed by atoms with Gasteiger partial charge in [-0.15, -0.1) is 0 Å². The Kier molecular flexibility index (Phi) is 3.69. The summed E-state index contributed by atoms with van der Waals surface area (Å²) in [4.78, 5) is 4.27. The van der Waals surface area contributed by atoms with Crippen LogP contribution in [0.4, 0.5) is 11.5 Å². The Hall–Kier alpha value is -0.770. The molecule has 1 aromatic rings. The van der Waals surface area contributed by atoms with Crippen LogP contribution in [-0.2, 0) is 0 Å². The summed E-state index contributed by atoms with van der Waals surface area (Å²) >= 11 is 3.35. The minimum atomic E-state index is 0.709. The molecule has 2 unspecified atom stereocenters. The normalized spacial score (nSPS) is 24.6. The van der Waals surface area contributed by atoms with E-state index in [-0.39, 0.29) is 0 Å². The third kappa shape index (κ3) is 2.88. The average molecular weight is 284 g/mol. The number of nitrogens with two attached hydrogens (primary N) is 1. The highest BCUT2D eigenvalue weighted by molar-refractivity contribution is 9.10. The van der Waals surface area contributed by atoms with E-state index in [4.69, 9.17) is 5.73 Å². The van der Waals surface area contributed by atoms with E-state index in [1.807, 2.05) is 6.07 Å². The molecule has 2 atom stereocenters. The van der Waals surface area contributed by atoms with Crippen LogP contribution >= 0.6 is 15.9 Å². The zero-order chi connectivity index (χ0) is 11.5. The maximum absolute atomic E-state index is 5.88. The average Bonchev–Trinajstić information content (AvgIpc) is 2.63. The van der Waals surface area contributed by atoms with Crippen LogP contribution in [0.25, 0.3) is 0 Å². The highest BCUT2D eigenvalue weighted by Gasteiger charge is 2.21. The molecule has 3 nitrogen and oxygen atoms in total. The number of pyridine rings is 1. The van der Waals surface area contributed by atoms with Gasteiger partial charge in [-0.05, 0) is 46.7 Å². The van der Waals surface area contributed by atoms with Gasteiger partial charge in [0.2, 0.25) is 0 Å². The Balaban J connectivity index is 1.89. The molecule has 0 amide bonds. The molecule has 0 aromatic carbocycles. The van der Waals surface area contributed by atoms with E-state index in [2.05, 4.69) is 33.2 Å². The second kappa shape index (κ2) is 5.04. The Morgan fingerprint density at radius 1 is 1.56 bits per heavy atom. The van der Waals surface area contributed by atoms with Gasteiger partial charge in [-0.1, -0.05) is 13.3 Å². The monoisotopic (exact) mass is 283 g/mol. The van der Waals surface area contributed by atoms with Gasteiger partial charge < -0.3 is 11.1 Å². The first-order valence-electron chi connectivity index (χ1n) is 5.80. The van der Waals surface area contributed by atoms with Crippen molar-refractivity contribution in [2.45, 2.75) is 26.2 Å². The van der Waals surface area contributed by atoms with Gasteiger partial charge in [-0.3, -0.25) is 0 Å². The number of nitrogen functional groups attached to an aromatic ring is 1. The van der Waals surface area contributed by atoms with E-state index >= 15 is 0 Å². The molecule has 4 heteroatoms. The van der Waals surface area contributed by atoms with Crippen LogP contribution < -0.4 is 11.1 Å². The molecule has 1 fully saturated rings. The molecule has 88 valence electrons. The maximum Gasteiger partial charge on any atom is 0.149 e. The Morgan fingerprint density at radius 3 is 3.00 bits per heavy atom. The molecule has 3 N–H and O–H groups in total. The predicted molar refractivity (Wildman–Crippen MR) is 71.3 cm³/mol. The first-order valence-corrected chi connectivity index (χ1v) is 6.59. The number of nitrogens with one attached hydrogen (secondary N) is 1. The van der Waals surface area contributed by atoms with Gasteiger partial charge in [-0.2, -0.15) is 0 Å². The van der Waals surface area contributed by atoms with Crippen molar-refractivity contribution in [3.05, 3.63) is 16.7 Å². The summed E-state index contributed by atoms with van der Waals surface area (Å²) in [6.45, 7) is 3.31. The quantitative estimate of drug-likeness (QED) is 0.895. The summed E-state index contributed by atoms with van der Waals surface area (Å²) < 4.78 is 0.921. The fourth-order valence-electron chi connectivity index (χ4n) is 2.35. The predicted octanol–water partition coefficient (Wildman–Crippen LogP) is 3.27. The SMILES string of the molecule is CC1CCC(CNc2ncc(Br)cc2N)C1. The third-order valence-electron chi connectivity index (χ3n) is 3.25. The minimum absolute atomic E-state index is 0.709. The highest BCUT2D eigenvalue weighted by atomic mass is 79.9. The zero-order valence-electron chi connectivity index (χ0n) is 9.54. The third-order valence-corrected chi connectivity index (χ3v) is 3.68. The first-order chi connectivity index (χ1) is 7.65. The fourth-order valence-corrected chi connectivity index (χ4v) is 2.70. The summed E-state index contributed by atoms with van der Waals surface area (Å²) in [5.41, 5.74) is 6.59. The van der Waals surface area contributed by atoms with Gasteiger partial charge in [0.25, 0.3) is 0 Å². The standard InChI is InChI=1S/C12H18BrN3/c1-8-2-3-9(4-8)6-15-12-11(14)5-10(13)7-16-12/h5,7-9H,2-4,6,14H2,1H3,(H,15,16). The molecule has 1 saturated carbocycles. The van der Waals surface area contributed by atoms with E-state index in [0.29, 0.717) is 5.69 Å². The summed E-state index contributed by atoms with van der Waals surface area (Å²) in [6.07, 6.45) is 5.78. The second-order valence-corrected chi connectivity index (χ2v) is 5.67. The second-order valence-electron chi connectivity index (χ2n) is 4.76. The lowest BCUT2D eigenvalue weighted by atomic mass is 10.1. The lowest BCUT2D eigenvalue weighted by Gasteiger charge is -2.13. The van der Waals surface area contributed by atoms with Crippen LogP contribution in [0.1, 0.15) is 26.2 Å². The van der Waals surface area contributed by atoms with Crippen molar-refractivity contribution in [2.75, 3.05) is 17.6 Å². The Morgan fingerprint density at radius 2 is 2.38 bits per heavy atom. The molecule has 1 aliphatic carbocycles. The fraction of sp³-hybridized carbons (Fsp3) is 0.583. The molecule has 0 aliphatic heterocycles. The number of hydrogen-bond acceptors (Lipinski definition) is 3. The smallest absolute Gasteiger partial charge is 0.149 e. The molecule has 1 aromatic heterocycles. The van der Waals surface area contributed by atoms with Crippen LogP contribution in [0.2, 0.25) is 0 Å². The van der Waals surface area contributed by atoms with E-state index in [1.165, 1.54) is 19.3 Å². The highest BCUT2D eigenvalue weighted by Crippen LogP contribution is 2.30. The zero-order valence-corrected chi connectivity index (χ0v) is 11.1. The molecule has 0 spiro atoms. The number of nitrogens with zero attached hydrogens (tertiary/aromatic N) is 1. The van der Waals surface area contributed by atoms with Crippen LogP contribution in [0.15, 0.2) is 16.7 Å². The molecule has 16 heavy (non-hydrogen) atoms. The molecule has 0 bridgehead atoms. The van der Waals surface area contributed by atoms with E-state index in [9.17, 15) is 0 Å². The summed E-state index contributed by atoms with van der Waals surface area (Å²) in [5, 5.41) is 3.35. The molecule has 2 rings (SSSR count).